The molecule has 0 saturated heterocycles. The van der Waals surface area contributed by atoms with Gasteiger partial charge in [0, 0.05) is 11.3 Å². The van der Waals surface area contributed by atoms with Crippen molar-refractivity contribution in [2.24, 2.45) is 5.92 Å². The van der Waals surface area contributed by atoms with Crippen LogP contribution in [0.15, 0.2) is 53.7 Å². The van der Waals surface area contributed by atoms with E-state index in [0.29, 0.717) is 32.3 Å². The van der Waals surface area contributed by atoms with Gasteiger partial charge in [0.15, 0.2) is 0 Å². The molecule has 1 heterocycles. The standard InChI is InChI=1S/C20H20Cl2N4OS/c1-12(2)17(23-19(27)14-6-4-3-5-7-14)18-24-20(26-25-18)28-11-13-8-9-15(21)16(22)10-13/h3-10,12,17H,11H2,1-2H3,(H,23,27)(H,24,25,26). The summed E-state index contributed by atoms with van der Waals surface area (Å²) in [5.41, 5.74) is 1.64. The van der Waals surface area contributed by atoms with Crippen LogP contribution in [0.2, 0.25) is 10.0 Å². The summed E-state index contributed by atoms with van der Waals surface area (Å²) in [6, 6.07) is 14.4. The Morgan fingerprint density at radius 1 is 1.14 bits per heavy atom. The maximum Gasteiger partial charge on any atom is 0.251 e. The fraction of sp³-hybridized carbons (Fsp3) is 0.250. The van der Waals surface area contributed by atoms with Gasteiger partial charge in [-0.15, -0.1) is 5.10 Å². The second-order valence-electron chi connectivity index (χ2n) is 6.60. The Morgan fingerprint density at radius 2 is 1.89 bits per heavy atom. The topological polar surface area (TPSA) is 70.7 Å². The van der Waals surface area contributed by atoms with Crippen LogP contribution in [-0.2, 0) is 5.75 Å². The summed E-state index contributed by atoms with van der Waals surface area (Å²) in [6.45, 7) is 4.06. The molecule has 0 fully saturated rings. The van der Waals surface area contributed by atoms with Gasteiger partial charge in [0.1, 0.15) is 5.82 Å². The van der Waals surface area contributed by atoms with Crippen LogP contribution in [0.5, 0.6) is 0 Å². The Morgan fingerprint density at radius 3 is 2.57 bits per heavy atom. The van der Waals surface area contributed by atoms with Crippen molar-refractivity contribution in [1.82, 2.24) is 20.5 Å². The van der Waals surface area contributed by atoms with Crippen LogP contribution in [-0.4, -0.2) is 21.1 Å². The molecule has 0 aliphatic rings. The van der Waals surface area contributed by atoms with Gasteiger partial charge in [-0.3, -0.25) is 9.89 Å². The van der Waals surface area contributed by atoms with E-state index in [1.54, 1.807) is 18.2 Å². The van der Waals surface area contributed by atoms with Crippen LogP contribution >= 0.6 is 35.0 Å². The number of hydrogen-bond acceptors (Lipinski definition) is 4. The van der Waals surface area contributed by atoms with Gasteiger partial charge in [0.05, 0.1) is 16.1 Å². The van der Waals surface area contributed by atoms with E-state index in [-0.39, 0.29) is 17.9 Å². The quantitative estimate of drug-likeness (QED) is 0.479. The van der Waals surface area contributed by atoms with Gasteiger partial charge >= 0.3 is 0 Å². The number of benzene rings is 2. The van der Waals surface area contributed by atoms with Crippen molar-refractivity contribution in [1.29, 1.82) is 0 Å². The first-order chi connectivity index (χ1) is 13.4. The number of halogens is 2. The number of carbonyl (C=O) groups excluding carboxylic acids is 1. The first kappa shape index (κ1) is 20.7. The van der Waals surface area contributed by atoms with E-state index in [1.165, 1.54) is 11.8 Å². The molecule has 3 aromatic rings. The number of nitrogens with one attached hydrogen (secondary N) is 2. The molecule has 0 saturated carbocycles. The lowest BCUT2D eigenvalue weighted by Crippen LogP contribution is -2.32. The molecule has 0 bridgehead atoms. The van der Waals surface area contributed by atoms with Gasteiger partial charge in [-0.25, -0.2) is 4.98 Å². The van der Waals surface area contributed by atoms with E-state index < -0.39 is 0 Å². The molecule has 1 unspecified atom stereocenters. The fourth-order valence-electron chi connectivity index (χ4n) is 2.60. The normalized spacial score (nSPS) is 12.2. The summed E-state index contributed by atoms with van der Waals surface area (Å²) in [7, 11) is 0. The molecular weight excluding hydrogens is 415 g/mol. The number of aromatic nitrogens is 3. The van der Waals surface area contributed by atoms with E-state index in [1.807, 2.05) is 44.2 Å². The Balaban J connectivity index is 1.67. The minimum absolute atomic E-state index is 0.138. The third-order valence-corrected chi connectivity index (χ3v) is 5.78. The molecule has 2 N–H and O–H groups in total. The molecule has 0 aliphatic carbocycles. The van der Waals surface area contributed by atoms with Crippen LogP contribution in [0.1, 0.15) is 41.6 Å². The van der Waals surface area contributed by atoms with E-state index in [2.05, 4.69) is 20.5 Å². The van der Waals surface area contributed by atoms with Crippen molar-refractivity contribution in [3.8, 4) is 0 Å². The third-order valence-electron chi connectivity index (χ3n) is 4.12. The number of thioether (sulfide) groups is 1. The molecule has 28 heavy (non-hydrogen) atoms. The molecule has 5 nitrogen and oxygen atoms in total. The number of aromatic amines is 1. The van der Waals surface area contributed by atoms with Crippen LogP contribution in [0, 0.1) is 5.92 Å². The summed E-state index contributed by atoms with van der Waals surface area (Å²) in [5, 5.41) is 11.9. The molecule has 0 radical (unpaired) electrons. The summed E-state index contributed by atoms with van der Waals surface area (Å²) >= 11 is 13.5. The first-order valence-corrected chi connectivity index (χ1v) is 10.5. The molecule has 146 valence electrons. The summed E-state index contributed by atoms with van der Waals surface area (Å²) in [4.78, 5) is 17.1. The van der Waals surface area contributed by atoms with Crippen molar-refractivity contribution in [2.45, 2.75) is 30.8 Å². The minimum Gasteiger partial charge on any atom is -0.342 e. The zero-order valence-corrected chi connectivity index (χ0v) is 17.8. The Kier molecular flexibility index (Phi) is 6.99. The van der Waals surface area contributed by atoms with Crippen molar-refractivity contribution >= 4 is 40.9 Å². The first-order valence-electron chi connectivity index (χ1n) is 8.79. The fourth-order valence-corrected chi connectivity index (χ4v) is 3.67. The summed E-state index contributed by atoms with van der Waals surface area (Å²) < 4.78 is 0. The van der Waals surface area contributed by atoms with E-state index in [0.717, 1.165) is 5.56 Å². The predicted molar refractivity (Wildman–Crippen MR) is 114 cm³/mol. The van der Waals surface area contributed by atoms with Crippen LogP contribution in [0.3, 0.4) is 0 Å². The monoisotopic (exact) mass is 434 g/mol. The Bertz CT molecular complexity index is 946. The van der Waals surface area contributed by atoms with Gasteiger partial charge in [-0.1, -0.05) is 73.1 Å². The molecule has 8 heteroatoms. The zero-order chi connectivity index (χ0) is 20.1. The number of amides is 1. The van der Waals surface area contributed by atoms with Crippen LogP contribution in [0.25, 0.3) is 0 Å². The minimum atomic E-state index is -0.264. The number of hydrogen-bond donors (Lipinski definition) is 2. The smallest absolute Gasteiger partial charge is 0.251 e. The molecule has 1 atom stereocenters. The number of nitrogens with zero attached hydrogens (tertiary/aromatic N) is 2. The largest absolute Gasteiger partial charge is 0.342 e. The maximum atomic E-state index is 12.5. The zero-order valence-electron chi connectivity index (χ0n) is 15.4. The van der Waals surface area contributed by atoms with Gasteiger partial charge in [-0.05, 0) is 35.7 Å². The summed E-state index contributed by atoms with van der Waals surface area (Å²) in [5.74, 6) is 1.31. The third kappa shape index (κ3) is 5.28. The van der Waals surface area contributed by atoms with E-state index in [4.69, 9.17) is 23.2 Å². The average molecular weight is 435 g/mol. The Hall–Kier alpha value is -2.02. The molecule has 0 spiro atoms. The molecular formula is C20H20Cl2N4OS. The van der Waals surface area contributed by atoms with Crippen molar-refractivity contribution < 1.29 is 4.79 Å². The SMILES string of the molecule is CC(C)C(NC(=O)c1ccccc1)c1nc(SCc2ccc(Cl)c(Cl)c2)n[nH]1. The second kappa shape index (κ2) is 9.45. The van der Waals surface area contributed by atoms with Gasteiger partial charge in [-0.2, -0.15) is 0 Å². The predicted octanol–water partition coefficient (Wildman–Crippen LogP) is 5.53. The average Bonchev–Trinajstić information content (AvgIpc) is 3.16. The summed E-state index contributed by atoms with van der Waals surface area (Å²) in [6.07, 6.45) is 0. The molecule has 3 rings (SSSR count). The Labute approximate surface area is 178 Å². The number of carbonyl (C=O) groups is 1. The lowest BCUT2D eigenvalue weighted by atomic mass is 10.0. The number of H-pyrrole nitrogens is 1. The second-order valence-corrected chi connectivity index (χ2v) is 8.36. The molecule has 2 aromatic carbocycles. The maximum absolute atomic E-state index is 12.5. The van der Waals surface area contributed by atoms with E-state index >= 15 is 0 Å². The highest BCUT2D eigenvalue weighted by atomic mass is 35.5. The molecule has 1 amide bonds. The van der Waals surface area contributed by atoms with Crippen molar-refractivity contribution in [3.05, 3.63) is 75.5 Å². The lowest BCUT2D eigenvalue weighted by molar-refractivity contribution is 0.0923. The highest BCUT2D eigenvalue weighted by Gasteiger charge is 2.23. The highest BCUT2D eigenvalue weighted by molar-refractivity contribution is 7.98. The van der Waals surface area contributed by atoms with Crippen LogP contribution < -0.4 is 5.32 Å². The molecule has 0 aliphatic heterocycles. The van der Waals surface area contributed by atoms with Gasteiger partial charge in [0.2, 0.25) is 5.16 Å². The number of rotatable bonds is 7. The molecule has 1 aromatic heterocycles. The lowest BCUT2D eigenvalue weighted by Gasteiger charge is -2.19. The van der Waals surface area contributed by atoms with Gasteiger partial charge in [0.25, 0.3) is 5.91 Å². The van der Waals surface area contributed by atoms with Crippen molar-refractivity contribution in [3.63, 3.8) is 0 Å². The van der Waals surface area contributed by atoms with Gasteiger partial charge < -0.3 is 5.32 Å². The van der Waals surface area contributed by atoms with Crippen molar-refractivity contribution in [2.75, 3.05) is 0 Å². The van der Waals surface area contributed by atoms with E-state index in [9.17, 15) is 4.79 Å². The highest BCUT2D eigenvalue weighted by Crippen LogP contribution is 2.27. The van der Waals surface area contributed by atoms with Crippen LogP contribution in [0.4, 0.5) is 0 Å².